The van der Waals surface area contributed by atoms with Gasteiger partial charge in [0.05, 0.1) is 18.2 Å². The minimum atomic E-state index is -1.01. The molecule has 0 bridgehead atoms. The van der Waals surface area contributed by atoms with E-state index in [0.29, 0.717) is 0 Å². The molecule has 0 spiro atoms. The summed E-state index contributed by atoms with van der Waals surface area (Å²) < 4.78 is 11.8. The van der Waals surface area contributed by atoms with Crippen LogP contribution in [0.2, 0.25) is 0 Å². The third-order valence-electron chi connectivity index (χ3n) is 3.33. The molecule has 1 aliphatic heterocycles. The first-order chi connectivity index (χ1) is 10.3. The zero-order chi connectivity index (χ0) is 18.0. The fraction of sp³-hybridized carbons (Fsp3) is 0.938. The Bertz CT molecular complexity index is 402. The fourth-order valence-corrected chi connectivity index (χ4v) is 2.60. The summed E-state index contributed by atoms with van der Waals surface area (Å²) in [4.78, 5) is 11.5. The van der Waals surface area contributed by atoms with E-state index in [1.165, 1.54) is 6.92 Å². The molecule has 0 radical (unpaired) electrons. The van der Waals surface area contributed by atoms with Crippen molar-refractivity contribution >= 4 is 5.91 Å². The van der Waals surface area contributed by atoms with Gasteiger partial charge in [0.2, 0.25) is 5.91 Å². The standard InChI is InChI=1S/C16H32N2O5/c1-9(20)17-11-12(21)13(23-16(5,6)7)10(8-19)22-14(11)18-15(2,3)4/h10-14,18-19,21H,8H2,1-7H3,(H,17,20)/t10?,11-,12?,13+,14?/m0/s1. The number of rotatable bonds is 4. The molecule has 0 aromatic heterocycles. The maximum atomic E-state index is 11.5. The van der Waals surface area contributed by atoms with Crippen molar-refractivity contribution in [2.75, 3.05) is 6.61 Å². The Morgan fingerprint density at radius 3 is 2.17 bits per heavy atom. The van der Waals surface area contributed by atoms with Crippen molar-refractivity contribution in [3.8, 4) is 0 Å². The first-order valence-corrected chi connectivity index (χ1v) is 8.01. The molecule has 7 nitrogen and oxygen atoms in total. The summed E-state index contributed by atoms with van der Waals surface area (Å²) in [5.74, 6) is -0.268. The summed E-state index contributed by atoms with van der Waals surface area (Å²) >= 11 is 0. The van der Waals surface area contributed by atoms with Gasteiger partial charge < -0.3 is 25.0 Å². The highest BCUT2D eigenvalue weighted by atomic mass is 16.6. The molecule has 0 aromatic rings. The number of carbonyl (C=O) groups is 1. The van der Waals surface area contributed by atoms with Crippen molar-refractivity contribution in [1.29, 1.82) is 0 Å². The summed E-state index contributed by atoms with van der Waals surface area (Å²) in [6, 6.07) is -0.679. The lowest BCUT2D eigenvalue weighted by Gasteiger charge is -2.47. The topological polar surface area (TPSA) is 100 Å². The molecule has 0 aromatic carbocycles. The van der Waals surface area contributed by atoms with E-state index in [2.05, 4.69) is 10.6 Å². The fourth-order valence-electron chi connectivity index (χ4n) is 2.60. The van der Waals surface area contributed by atoms with Crippen LogP contribution in [0.25, 0.3) is 0 Å². The Kier molecular flexibility index (Phi) is 6.57. The SMILES string of the molecule is CC(=O)N[C@@H]1C(NC(C)(C)C)OC(CO)[C@@H](OC(C)(C)C)C1O. The Morgan fingerprint density at radius 2 is 1.78 bits per heavy atom. The van der Waals surface area contributed by atoms with Crippen molar-refractivity contribution in [2.24, 2.45) is 0 Å². The van der Waals surface area contributed by atoms with Crippen LogP contribution in [0, 0.1) is 0 Å². The summed E-state index contributed by atoms with van der Waals surface area (Å²) in [7, 11) is 0. The molecule has 3 unspecified atom stereocenters. The van der Waals surface area contributed by atoms with Crippen LogP contribution in [0.15, 0.2) is 0 Å². The van der Waals surface area contributed by atoms with Crippen LogP contribution < -0.4 is 10.6 Å². The zero-order valence-electron chi connectivity index (χ0n) is 15.2. The second-order valence-corrected chi connectivity index (χ2v) is 8.08. The molecule has 1 amide bonds. The molecule has 1 heterocycles. The highest BCUT2D eigenvalue weighted by molar-refractivity contribution is 5.73. The van der Waals surface area contributed by atoms with Gasteiger partial charge in [-0.2, -0.15) is 0 Å². The molecule has 23 heavy (non-hydrogen) atoms. The smallest absolute Gasteiger partial charge is 0.217 e. The Labute approximate surface area is 138 Å². The lowest BCUT2D eigenvalue weighted by Crippen LogP contribution is -2.70. The zero-order valence-corrected chi connectivity index (χ0v) is 15.2. The van der Waals surface area contributed by atoms with Gasteiger partial charge in [-0.05, 0) is 41.5 Å². The van der Waals surface area contributed by atoms with E-state index in [-0.39, 0.29) is 18.1 Å². The van der Waals surface area contributed by atoms with E-state index >= 15 is 0 Å². The Hall–Kier alpha value is -0.730. The van der Waals surface area contributed by atoms with E-state index in [0.717, 1.165) is 0 Å². The number of aliphatic hydroxyl groups excluding tert-OH is 2. The van der Waals surface area contributed by atoms with E-state index in [4.69, 9.17) is 9.47 Å². The first-order valence-electron chi connectivity index (χ1n) is 8.01. The highest BCUT2D eigenvalue weighted by Gasteiger charge is 2.48. The van der Waals surface area contributed by atoms with Crippen molar-refractivity contribution in [2.45, 2.75) is 90.2 Å². The molecular formula is C16H32N2O5. The normalized spacial score (nSPS) is 32.7. The average molecular weight is 332 g/mol. The lowest BCUT2D eigenvalue weighted by molar-refractivity contribution is -0.242. The minimum absolute atomic E-state index is 0.268. The molecule has 0 saturated carbocycles. The molecule has 1 aliphatic rings. The van der Waals surface area contributed by atoms with Gasteiger partial charge >= 0.3 is 0 Å². The first kappa shape index (κ1) is 20.3. The number of aliphatic hydroxyl groups is 2. The average Bonchev–Trinajstić information content (AvgIpc) is 2.33. The predicted octanol–water partition coefficient (Wildman–Crippen LogP) is 0.141. The number of carbonyl (C=O) groups excluding carboxylic acids is 1. The molecule has 1 rings (SSSR count). The summed E-state index contributed by atoms with van der Waals surface area (Å²) in [5.41, 5.74) is -0.813. The molecule has 7 heteroatoms. The van der Waals surface area contributed by atoms with Gasteiger partial charge in [0.25, 0.3) is 0 Å². The molecule has 0 aliphatic carbocycles. The molecule has 136 valence electrons. The predicted molar refractivity (Wildman–Crippen MR) is 86.9 cm³/mol. The van der Waals surface area contributed by atoms with Crippen LogP contribution in [-0.2, 0) is 14.3 Å². The van der Waals surface area contributed by atoms with Crippen molar-refractivity contribution in [1.82, 2.24) is 10.6 Å². The lowest BCUT2D eigenvalue weighted by atomic mass is 9.93. The van der Waals surface area contributed by atoms with Crippen molar-refractivity contribution < 1.29 is 24.5 Å². The number of amides is 1. The maximum Gasteiger partial charge on any atom is 0.217 e. The van der Waals surface area contributed by atoms with Gasteiger partial charge in [-0.3, -0.25) is 10.1 Å². The van der Waals surface area contributed by atoms with Crippen LogP contribution in [0.5, 0.6) is 0 Å². The van der Waals surface area contributed by atoms with Crippen molar-refractivity contribution in [3.05, 3.63) is 0 Å². The number of hydrogen-bond acceptors (Lipinski definition) is 6. The minimum Gasteiger partial charge on any atom is -0.394 e. The molecule has 1 saturated heterocycles. The van der Waals surface area contributed by atoms with Crippen LogP contribution in [0.3, 0.4) is 0 Å². The van der Waals surface area contributed by atoms with E-state index in [1.54, 1.807) is 0 Å². The number of nitrogens with one attached hydrogen (secondary N) is 2. The van der Waals surface area contributed by atoms with Gasteiger partial charge in [-0.25, -0.2) is 0 Å². The number of hydrogen-bond donors (Lipinski definition) is 4. The largest absolute Gasteiger partial charge is 0.394 e. The van der Waals surface area contributed by atoms with Gasteiger partial charge in [-0.1, -0.05) is 0 Å². The van der Waals surface area contributed by atoms with Crippen molar-refractivity contribution in [3.63, 3.8) is 0 Å². The highest BCUT2D eigenvalue weighted by Crippen LogP contribution is 2.27. The Morgan fingerprint density at radius 1 is 1.22 bits per heavy atom. The third-order valence-corrected chi connectivity index (χ3v) is 3.33. The van der Waals surface area contributed by atoms with Crippen LogP contribution in [0.4, 0.5) is 0 Å². The van der Waals surface area contributed by atoms with Gasteiger partial charge in [-0.15, -0.1) is 0 Å². The monoisotopic (exact) mass is 332 g/mol. The second kappa shape index (κ2) is 7.44. The van der Waals surface area contributed by atoms with Gasteiger partial charge in [0, 0.05) is 12.5 Å². The number of ether oxygens (including phenoxy) is 2. The third kappa shape index (κ3) is 6.35. The van der Waals surface area contributed by atoms with Crippen LogP contribution in [-0.4, -0.2) is 64.4 Å². The molecule has 1 fully saturated rings. The summed E-state index contributed by atoms with van der Waals surface area (Å²) in [6.45, 7) is 12.6. The summed E-state index contributed by atoms with van der Waals surface area (Å²) in [5, 5.41) is 26.3. The maximum absolute atomic E-state index is 11.5. The summed E-state index contributed by atoms with van der Waals surface area (Å²) in [6.07, 6.45) is -3.07. The van der Waals surface area contributed by atoms with Gasteiger partial charge in [0.1, 0.15) is 24.5 Å². The quantitative estimate of drug-likeness (QED) is 0.584. The van der Waals surface area contributed by atoms with E-state index in [1.807, 2.05) is 41.5 Å². The molecule has 5 atom stereocenters. The molecule has 4 N–H and O–H groups in total. The van der Waals surface area contributed by atoms with E-state index in [9.17, 15) is 15.0 Å². The Balaban J connectivity index is 3.05. The van der Waals surface area contributed by atoms with Gasteiger partial charge in [0.15, 0.2) is 0 Å². The second-order valence-electron chi connectivity index (χ2n) is 8.08. The van der Waals surface area contributed by atoms with Crippen LogP contribution in [0.1, 0.15) is 48.5 Å². The van der Waals surface area contributed by atoms with Crippen LogP contribution >= 0.6 is 0 Å². The molecular weight excluding hydrogens is 300 g/mol. The van der Waals surface area contributed by atoms with E-state index < -0.39 is 36.2 Å².